The van der Waals surface area contributed by atoms with Gasteiger partial charge in [0, 0.05) is 6.20 Å². The molecule has 0 aromatic rings. The van der Waals surface area contributed by atoms with E-state index in [0.717, 1.165) is 0 Å². The number of amides is 1. The molecule has 2 N–H and O–H groups in total. The molecule has 0 aromatic heterocycles. The summed E-state index contributed by atoms with van der Waals surface area (Å²) in [6.45, 7) is 0. The quantitative estimate of drug-likeness (QED) is 0.209. The van der Waals surface area contributed by atoms with Gasteiger partial charge in [-0.05, 0) is 12.2 Å². The fourth-order valence-corrected chi connectivity index (χ4v) is 2.69. The van der Waals surface area contributed by atoms with Gasteiger partial charge in [-0.25, -0.2) is 4.39 Å². The Balaban J connectivity index is 3.82. The van der Waals surface area contributed by atoms with Crippen LogP contribution in [0.2, 0.25) is 0 Å². The molecule has 1 amide bonds. The summed E-state index contributed by atoms with van der Waals surface area (Å²) >= 11 is 0. The summed E-state index contributed by atoms with van der Waals surface area (Å²) in [6, 6.07) is -24.4. The Bertz CT molecular complexity index is 1020. The van der Waals surface area contributed by atoms with Crippen LogP contribution in [0.5, 0.6) is 0 Å². The molecule has 1 rings (SSSR count). The summed E-state index contributed by atoms with van der Waals surface area (Å²) < 4.78 is 246. The number of alkyl halides is 16. The zero-order valence-electron chi connectivity index (χ0n) is 15.9. The van der Waals surface area contributed by atoms with E-state index in [4.69, 9.17) is 4.55 Å². The summed E-state index contributed by atoms with van der Waals surface area (Å²) in [5.74, 6) is -28.0. The van der Waals surface area contributed by atoms with Crippen molar-refractivity contribution in [1.29, 1.82) is 0 Å². The third kappa shape index (κ3) is 4.16. The van der Waals surface area contributed by atoms with Crippen LogP contribution in [0.4, 0.5) is 70.2 Å². The number of carbonyl (C=O) groups excluding carboxylic acids is 1. The Morgan fingerprint density at radius 2 is 1.14 bits per heavy atom. The SMILES string of the molecule is O=C(N/C=C/C=C/S(=O)(=O)O)C(F)(C(F)(F)F)C(F)(F)N1C(F)(F)C(F)(F)C(F)(F)C(F)(F)C1(F)F. The molecule has 0 radical (unpaired) electrons. The summed E-state index contributed by atoms with van der Waals surface area (Å²) in [6.07, 6.45) is -8.08. The Labute approximate surface area is 186 Å². The third-order valence-electron chi connectivity index (χ3n) is 4.18. The Morgan fingerprint density at radius 1 is 0.750 bits per heavy atom. The number of nitrogens with zero attached hydrogens (tertiary/aromatic N) is 1. The summed E-state index contributed by atoms with van der Waals surface area (Å²) in [5, 5.41) is 0.0856. The molecule has 1 fully saturated rings. The molecule has 1 atom stereocenters. The summed E-state index contributed by atoms with van der Waals surface area (Å²) in [7, 11) is -4.97. The number of halogens is 16. The van der Waals surface area contributed by atoms with E-state index >= 15 is 0 Å². The van der Waals surface area contributed by atoms with E-state index in [1.54, 1.807) is 0 Å². The van der Waals surface area contributed by atoms with Crippen LogP contribution in [0.3, 0.4) is 0 Å². The lowest BCUT2D eigenvalue weighted by atomic mass is 9.89. The van der Waals surface area contributed by atoms with Crippen LogP contribution in [0.25, 0.3) is 0 Å². The Kier molecular flexibility index (Phi) is 7.37. The van der Waals surface area contributed by atoms with E-state index in [1.165, 1.54) is 0 Å². The van der Waals surface area contributed by atoms with Gasteiger partial charge in [0.05, 0.1) is 5.41 Å². The van der Waals surface area contributed by atoms with Gasteiger partial charge < -0.3 is 5.32 Å². The van der Waals surface area contributed by atoms with Gasteiger partial charge in [0.1, 0.15) is 0 Å². The van der Waals surface area contributed by atoms with Gasteiger partial charge in [0.15, 0.2) is 0 Å². The molecule has 0 spiro atoms. The van der Waals surface area contributed by atoms with Crippen LogP contribution in [0.1, 0.15) is 0 Å². The second-order valence-electron chi connectivity index (χ2n) is 6.51. The largest absolute Gasteiger partial charge is 0.439 e. The first-order valence-electron chi connectivity index (χ1n) is 7.94. The van der Waals surface area contributed by atoms with Gasteiger partial charge in [-0.3, -0.25) is 9.35 Å². The highest BCUT2D eigenvalue weighted by molar-refractivity contribution is 7.88. The molecule has 0 saturated carbocycles. The smallest absolute Gasteiger partial charge is 0.329 e. The number of rotatable bonds is 6. The van der Waals surface area contributed by atoms with Crippen molar-refractivity contribution in [3.8, 4) is 0 Å². The molecule has 1 heterocycles. The molecule has 1 aliphatic heterocycles. The molecular weight excluding hydrogens is 584 g/mol. The van der Waals surface area contributed by atoms with Gasteiger partial charge in [-0.15, -0.1) is 4.90 Å². The van der Waals surface area contributed by atoms with Crippen LogP contribution in [0, 0.1) is 0 Å². The van der Waals surface area contributed by atoms with Crippen LogP contribution >= 0.6 is 0 Å². The topological polar surface area (TPSA) is 86.7 Å². The lowest BCUT2D eigenvalue weighted by Crippen LogP contribution is -2.87. The van der Waals surface area contributed by atoms with E-state index in [1.807, 2.05) is 0 Å². The van der Waals surface area contributed by atoms with E-state index in [9.17, 15) is 83.5 Å². The maximum absolute atomic E-state index is 14.5. The van der Waals surface area contributed by atoms with Crippen LogP contribution in [-0.2, 0) is 14.9 Å². The van der Waals surface area contributed by atoms with E-state index < -0.39 is 74.9 Å². The summed E-state index contributed by atoms with van der Waals surface area (Å²) in [4.78, 5) is 6.99. The molecule has 0 bridgehead atoms. The van der Waals surface area contributed by atoms with Gasteiger partial charge in [0.25, 0.3) is 16.0 Å². The predicted molar refractivity (Wildman–Crippen MR) is 79.4 cm³/mol. The standard InChI is InChI=1S/C13H6F16N2O4S/c14-6(10(21,22)23,5(32)30-3-1-2-4-36(33,34)35)11(24,25)31-12(26,27)8(17,18)7(15,16)9(19,20)13(31,28)29/h1-4H,(H,30,32)(H,33,34,35)/b3-1+,4-2+. The lowest BCUT2D eigenvalue weighted by molar-refractivity contribution is -0.545. The van der Waals surface area contributed by atoms with Gasteiger partial charge in [-0.1, -0.05) is 0 Å². The maximum atomic E-state index is 14.5. The second-order valence-corrected chi connectivity index (χ2v) is 7.82. The minimum Gasteiger partial charge on any atom is -0.329 e. The number of carbonyl (C=O) groups is 1. The molecule has 36 heavy (non-hydrogen) atoms. The fraction of sp³-hybridized carbons (Fsp3) is 0.615. The van der Waals surface area contributed by atoms with Crippen molar-refractivity contribution < 1.29 is 88.0 Å². The molecule has 1 aliphatic rings. The molecule has 23 heteroatoms. The normalized spacial score (nSPS) is 25.6. The summed E-state index contributed by atoms with van der Waals surface area (Å²) in [5.41, 5.74) is -7.57. The number of hydrogen-bond acceptors (Lipinski definition) is 4. The van der Waals surface area contributed by atoms with Crippen molar-refractivity contribution >= 4 is 16.0 Å². The maximum Gasteiger partial charge on any atom is 0.439 e. The van der Waals surface area contributed by atoms with E-state index in [-0.39, 0.29) is 17.6 Å². The van der Waals surface area contributed by atoms with Gasteiger partial charge >= 0.3 is 47.8 Å². The number of likely N-dealkylation sites (tertiary alicyclic amines) is 1. The lowest BCUT2D eigenvalue weighted by Gasteiger charge is -2.54. The van der Waals surface area contributed by atoms with Crippen molar-refractivity contribution in [2.75, 3.05) is 0 Å². The molecule has 6 nitrogen and oxygen atoms in total. The Hall–Kier alpha value is -2.30. The predicted octanol–water partition coefficient (Wildman–Crippen LogP) is 4.29. The monoisotopic (exact) mass is 590 g/mol. The first-order chi connectivity index (χ1) is 15.5. The molecule has 1 saturated heterocycles. The number of hydrogen-bond donors (Lipinski definition) is 2. The molecule has 1 unspecified atom stereocenters. The molecule has 210 valence electrons. The van der Waals surface area contributed by atoms with Crippen molar-refractivity contribution in [3.63, 3.8) is 0 Å². The van der Waals surface area contributed by atoms with E-state index in [0.29, 0.717) is 5.32 Å². The number of nitrogens with one attached hydrogen (secondary N) is 1. The highest BCUT2D eigenvalue weighted by Gasteiger charge is 3.00. The zero-order chi connectivity index (χ0) is 29.2. The van der Waals surface area contributed by atoms with Crippen molar-refractivity contribution in [2.24, 2.45) is 0 Å². The van der Waals surface area contributed by atoms with Crippen LogP contribution in [0.15, 0.2) is 23.8 Å². The number of piperidine rings is 1. The van der Waals surface area contributed by atoms with Crippen LogP contribution in [-0.4, -0.2) is 71.5 Å². The third-order valence-corrected chi connectivity index (χ3v) is 4.68. The fourth-order valence-electron chi connectivity index (χ4n) is 2.40. The second kappa shape index (κ2) is 8.36. The van der Waals surface area contributed by atoms with Gasteiger partial charge in [0.2, 0.25) is 0 Å². The molecular formula is C13H6F16N2O4S. The van der Waals surface area contributed by atoms with Gasteiger partial charge in [-0.2, -0.15) is 74.3 Å². The average molecular weight is 590 g/mol. The minimum absolute atomic E-state index is 0.0203. The van der Waals surface area contributed by atoms with Crippen molar-refractivity contribution in [3.05, 3.63) is 23.8 Å². The first kappa shape index (κ1) is 31.7. The number of allylic oxidation sites excluding steroid dienone is 2. The highest BCUT2D eigenvalue weighted by Crippen LogP contribution is 2.68. The first-order valence-corrected chi connectivity index (χ1v) is 9.44. The molecule has 0 aliphatic carbocycles. The molecule has 0 aromatic carbocycles. The highest BCUT2D eigenvalue weighted by atomic mass is 32.2. The average Bonchev–Trinajstić information content (AvgIpc) is 2.62. The zero-order valence-corrected chi connectivity index (χ0v) is 16.7. The minimum atomic E-state index is -8.19. The van der Waals surface area contributed by atoms with Crippen molar-refractivity contribution in [2.45, 2.75) is 47.8 Å². The van der Waals surface area contributed by atoms with Crippen molar-refractivity contribution in [1.82, 2.24) is 10.2 Å². The van der Waals surface area contributed by atoms with Crippen LogP contribution < -0.4 is 5.32 Å². The van der Waals surface area contributed by atoms with E-state index in [2.05, 4.69) is 0 Å². The Morgan fingerprint density at radius 3 is 1.47 bits per heavy atom.